The van der Waals surface area contributed by atoms with Crippen LogP contribution in [0.5, 0.6) is 6.01 Å². The molecule has 0 aliphatic carbocycles. The summed E-state index contributed by atoms with van der Waals surface area (Å²) in [7, 11) is 0. The van der Waals surface area contributed by atoms with Crippen LogP contribution in [0.4, 0.5) is 11.6 Å². The van der Waals surface area contributed by atoms with Crippen molar-refractivity contribution in [2.24, 2.45) is 5.10 Å². The second kappa shape index (κ2) is 9.38. The van der Waals surface area contributed by atoms with E-state index >= 15 is 0 Å². The highest BCUT2D eigenvalue weighted by Crippen LogP contribution is 2.21. The second-order valence-corrected chi connectivity index (χ2v) is 6.85. The van der Waals surface area contributed by atoms with Gasteiger partial charge in [-0.25, -0.2) is 0 Å². The quantitative estimate of drug-likeness (QED) is 0.346. The van der Waals surface area contributed by atoms with E-state index in [2.05, 4.69) is 43.4 Å². The number of hydrogen-bond donors (Lipinski definition) is 2. The van der Waals surface area contributed by atoms with Gasteiger partial charge in [0.05, 0.1) is 26.0 Å². The van der Waals surface area contributed by atoms with Crippen LogP contribution < -0.4 is 15.1 Å². The normalized spacial score (nSPS) is 14.6. The van der Waals surface area contributed by atoms with Gasteiger partial charge in [-0.2, -0.15) is 15.1 Å². The van der Waals surface area contributed by atoms with Crippen molar-refractivity contribution < 1.29 is 9.47 Å². The molecule has 0 radical (unpaired) electrons. The van der Waals surface area contributed by atoms with Gasteiger partial charge in [0.2, 0.25) is 0 Å². The van der Waals surface area contributed by atoms with Crippen LogP contribution in [0, 0.1) is 0 Å². The summed E-state index contributed by atoms with van der Waals surface area (Å²) in [5, 5.41) is 5.50. The Kier molecular flexibility index (Phi) is 6.21. The Bertz CT molecular complexity index is 965. The van der Waals surface area contributed by atoms with Crippen molar-refractivity contribution in [2.75, 3.05) is 43.2 Å². The van der Waals surface area contributed by atoms with Gasteiger partial charge in [0, 0.05) is 41.8 Å². The van der Waals surface area contributed by atoms with Crippen molar-refractivity contribution in [3.05, 3.63) is 42.1 Å². The number of rotatable bonds is 8. The van der Waals surface area contributed by atoms with Gasteiger partial charge in [0.1, 0.15) is 5.82 Å². The largest absolute Gasteiger partial charge is 0.463 e. The molecule has 3 aromatic rings. The number of H-pyrrole nitrogens is 1. The molecule has 1 saturated heterocycles. The zero-order valence-electron chi connectivity index (χ0n) is 16.6. The first-order chi connectivity index (χ1) is 14.3. The zero-order chi connectivity index (χ0) is 19.9. The minimum Gasteiger partial charge on any atom is -0.463 e. The molecular formula is C21H26N6O2. The van der Waals surface area contributed by atoms with Gasteiger partial charge < -0.3 is 19.4 Å². The van der Waals surface area contributed by atoms with Crippen molar-refractivity contribution in [3.63, 3.8) is 0 Å². The van der Waals surface area contributed by atoms with Gasteiger partial charge in [-0.1, -0.05) is 31.5 Å². The van der Waals surface area contributed by atoms with Crippen molar-refractivity contribution in [3.8, 4) is 6.01 Å². The second-order valence-electron chi connectivity index (χ2n) is 6.85. The number of hydrogen-bond acceptors (Lipinski definition) is 7. The topological polar surface area (TPSA) is 87.7 Å². The Labute approximate surface area is 169 Å². The van der Waals surface area contributed by atoms with Gasteiger partial charge in [0.25, 0.3) is 0 Å². The molecule has 2 aromatic heterocycles. The van der Waals surface area contributed by atoms with Gasteiger partial charge >= 0.3 is 6.01 Å². The molecule has 0 bridgehead atoms. The van der Waals surface area contributed by atoms with E-state index in [0.29, 0.717) is 31.6 Å². The molecule has 0 unspecified atom stereocenters. The Morgan fingerprint density at radius 3 is 3.00 bits per heavy atom. The third kappa shape index (κ3) is 4.83. The number of benzene rings is 1. The maximum atomic E-state index is 5.75. The number of morpholine rings is 1. The molecule has 1 aliphatic heterocycles. The predicted molar refractivity (Wildman–Crippen MR) is 115 cm³/mol. The lowest BCUT2D eigenvalue weighted by Gasteiger charge is -2.28. The molecular weight excluding hydrogens is 368 g/mol. The van der Waals surface area contributed by atoms with Crippen LogP contribution in [0.25, 0.3) is 10.9 Å². The first-order valence-electron chi connectivity index (χ1n) is 10.0. The summed E-state index contributed by atoms with van der Waals surface area (Å²) in [6.45, 7) is 5.70. The zero-order valence-corrected chi connectivity index (χ0v) is 16.6. The molecule has 0 amide bonds. The van der Waals surface area contributed by atoms with Crippen LogP contribution in [0.15, 0.2) is 41.6 Å². The lowest BCUT2D eigenvalue weighted by atomic mass is 10.2. The molecule has 152 valence electrons. The predicted octanol–water partition coefficient (Wildman–Crippen LogP) is 3.42. The van der Waals surface area contributed by atoms with E-state index in [1.807, 2.05) is 30.5 Å². The molecule has 29 heavy (non-hydrogen) atoms. The van der Waals surface area contributed by atoms with E-state index in [4.69, 9.17) is 9.47 Å². The van der Waals surface area contributed by atoms with Crippen LogP contribution in [-0.2, 0) is 4.74 Å². The van der Waals surface area contributed by atoms with Crippen molar-refractivity contribution in [1.29, 1.82) is 0 Å². The smallest absolute Gasteiger partial charge is 0.320 e. The molecule has 0 atom stereocenters. The molecule has 1 aromatic carbocycles. The molecule has 0 saturated carbocycles. The van der Waals surface area contributed by atoms with Crippen molar-refractivity contribution in [1.82, 2.24) is 15.0 Å². The van der Waals surface area contributed by atoms with Crippen LogP contribution in [0.1, 0.15) is 25.3 Å². The van der Waals surface area contributed by atoms with E-state index in [0.717, 1.165) is 48.2 Å². The van der Waals surface area contributed by atoms with Crippen LogP contribution in [0.2, 0.25) is 0 Å². The van der Waals surface area contributed by atoms with Crippen LogP contribution >= 0.6 is 0 Å². The number of aromatic amines is 1. The van der Waals surface area contributed by atoms with E-state index in [9.17, 15) is 0 Å². The highest BCUT2D eigenvalue weighted by Gasteiger charge is 2.15. The maximum absolute atomic E-state index is 5.75. The molecule has 2 N–H and O–H groups in total. The summed E-state index contributed by atoms with van der Waals surface area (Å²) in [4.78, 5) is 14.4. The molecule has 0 spiro atoms. The third-order valence-corrected chi connectivity index (χ3v) is 4.76. The number of hydrazone groups is 1. The summed E-state index contributed by atoms with van der Waals surface area (Å²) in [5.74, 6) is 1.42. The summed E-state index contributed by atoms with van der Waals surface area (Å²) in [6.07, 6.45) is 5.75. The van der Waals surface area contributed by atoms with Crippen LogP contribution in [0.3, 0.4) is 0 Å². The molecule has 1 fully saturated rings. The fourth-order valence-electron chi connectivity index (χ4n) is 3.17. The maximum Gasteiger partial charge on any atom is 0.320 e. The summed E-state index contributed by atoms with van der Waals surface area (Å²) >= 11 is 0. The number of para-hydroxylation sites is 1. The van der Waals surface area contributed by atoms with E-state index in [1.54, 1.807) is 6.21 Å². The SMILES string of the molecule is CCCCOc1nc(N/N=C\c2c[nH]c3ccccc23)cc(N2CCOCC2)n1. The fourth-order valence-corrected chi connectivity index (χ4v) is 3.17. The Hall–Kier alpha value is -3.13. The fraction of sp³-hybridized carbons (Fsp3) is 0.381. The minimum atomic E-state index is 0.368. The monoisotopic (exact) mass is 394 g/mol. The molecule has 3 heterocycles. The summed E-state index contributed by atoms with van der Waals surface area (Å²) in [6, 6.07) is 10.4. The van der Waals surface area contributed by atoms with E-state index in [1.165, 1.54) is 0 Å². The molecule has 4 rings (SSSR count). The Balaban J connectivity index is 1.52. The number of unbranched alkanes of at least 4 members (excludes halogenated alkanes) is 1. The lowest BCUT2D eigenvalue weighted by molar-refractivity contribution is 0.122. The number of aromatic nitrogens is 3. The Morgan fingerprint density at radius 2 is 2.14 bits per heavy atom. The van der Waals surface area contributed by atoms with Crippen molar-refractivity contribution >= 4 is 28.8 Å². The van der Waals surface area contributed by atoms with Gasteiger partial charge in [-0.3, -0.25) is 5.43 Å². The van der Waals surface area contributed by atoms with Gasteiger partial charge in [-0.15, -0.1) is 0 Å². The average molecular weight is 394 g/mol. The third-order valence-electron chi connectivity index (χ3n) is 4.76. The standard InChI is InChI=1S/C21H26N6O2/c1-2-3-10-29-21-24-19(13-20(25-21)27-8-11-28-12-9-27)26-23-15-16-14-22-18-7-5-4-6-17(16)18/h4-7,13-15,22H,2-3,8-12H2,1H3,(H,24,25,26)/b23-15-. The first-order valence-corrected chi connectivity index (χ1v) is 10.0. The van der Waals surface area contributed by atoms with Gasteiger partial charge in [-0.05, 0) is 12.5 Å². The minimum absolute atomic E-state index is 0.368. The lowest BCUT2D eigenvalue weighted by Crippen LogP contribution is -2.36. The summed E-state index contributed by atoms with van der Waals surface area (Å²) < 4.78 is 11.2. The number of ether oxygens (including phenoxy) is 2. The number of nitrogens with zero attached hydrogens (tertiary/aromatic N) is 4. The number of nitrogens with one attached hydrogen (secondary N) is 2. The summed E-state index contributed by atoms with van der Waals surface area (Å²) in [5.41, 5.74) is 5.11. The Morgan fingerprint density at radius 1 is 1.28 bits per heavy atom. The first kappa shape index (κ1) is 19.2. The van der Waals surface area contributed by atoms with Gasteiger partial charge in [0.15, 0.2) is 5.82 Å². The number of fused-ring (bicyclic) bond motifs is 1. The number of anilines is 2. The van der Waals surface area contributed by atoms with Crippen molar-refractivity contribution in [2.45, 2.75) is 19.8 Å². The van der Waals surface area contributed by atoms with E-state index < -0.39 is 0 Å². The van der Waals surface area contributed by atoms with E-state index in [-0.39, 0.29) is 0 Å². The van der Waals surface area contributed by atoms with Crippen LogP contribution in [-0.4, -0.2) is 54.1 Å². The highest BCUT2D eigenvalue weighted by molar-refractivity contribution is 5.99. The highest BCUT2D eigenvalue weighted by atomic mass is 16.5. The molecule has 8 nitrogen and oxygen atoms in total. The molecule has 1 aliphatic rings. The average Bonchev–Trinajstić information content (AvgIpc) is 3.18. The molecule has 8 heteroatoms.